The summed E-state index contributed by atoms with van der Waals surface area (Å²) < 4.78 is 5.34. The number of nitrogens with one attached hydrogen (secondary N) is 1. The summed E-state index contributed by atoms with van der Waals surface area (Å²) in [5.74, 6) is 0.754. The van der Waals surface area contributed by atoms with Crippen LogP contribution in [0, 0.1) is 0 Å². The van der Waals surface area contributed by atoms with Crippen molar-refractivity contribution in [3.63, 3.8) is 0 Å². The van der Waals surface area contributed by atoms with Gasteiger partial charge in [0.25, 0.3) is 0 Å². The maximum absolute atomic E-state index is 9.06. The third-order valence-electron chi connectivity index (χ3n) is 1.82. The van der Waals surface area contributed by atoms with Crippen molar-refractivity contribution in [2.75, 3.05) is 19.0 Å². The molecule has 1 aromatic rings. The van der Waals surface area contributed by atoms with Crippen LogP contribution in [0.4, 0.5) is 5.69 Å². The smallest absolute Gasteiger partial charge is 0.124 e. The van der Waals surface area contributed by atoms with E-state index in [1.807, 2.05) is 32.2 Å². The van der Waals surface area contributed by atoms with Gasteiger partial charge in [0, 0.05) is 18.3 Å². The molecule has 0 saturated carbocycles. The average Bonchev–Trinajstić information content (AvgIpc) is 2.19. The Bertz CT molecular complexity index is 274. The number of anilines is 1. The van der Waals surface area contributed by atoms with Crippen molar-refractivity contribution in [3.8, 4) is 5.75 Å². The van der Waals surface area contributed by atoms with Gasteiger partial charge in [-0.25, -0.2) is 0 Å². The highest BCUT2D eigenvalue weighted by Crippen LogP contribution is 2.22. The minimum atomic E-state index is 0.00481. The zero-order valence-corrected chi connectivity index (χ0v) is 8.00. The van der Waals surface area contributed by atoms with Crippen LogP contribution in [0.1, 0.15) is 12.5 Å². The van der Waals surface area contributed by atoms with Crippen molar-refractivity contribution >= 4 is 5.69 Å². The van der Waals surface area contributed by atoms with Gasteiger partial charge in [0.2, 0.25) is 0 Å². The summed E-state index contributed by atoms with van der Waals surface area (Å²) in [6.45, 7) is 2.55. The highest BCUT2D eigenvalue weighted by atomic mass is 16.5. The molecule has 3 nitrogen and oxygen atoms in total. The number of rotatable bonds is 4. The van der Waals surface area contributed by atoms with Gasteiger partial charge >= 0.3 is 0 Å². The molecule has 0 saturated heterocycles. The summed E-state index contributed by atoms with van der Waals surface area (Å²) in [7, 11) is 1.84. The third-order valence-corrected chi connectivity index (χ3v) is 1.82. The molecule has 0 unspecified atom stereocenters. The lowest BCUT2D eigenvalue weighted by molar-refractivity contribution is 0.267. The van der Waals surface area contributed by atoms with Gasteiger partial charge in [-0.2, -0.15) is 0 Å². The summed E-state index contributed by atoms with van der Waals surface area (Å²) in [4.78, 5) is 0. The van der Waals surface area contributed by atoms with Crippen LogP contribution >= 0.6 is 0 Å². The zero-order valence-electron chi connectivity index (χ0n) is 8.00. The molecule has 0 radical (unpaired) electrons. The van der Waals surface area contributed by atoms with Gasteiger partial charge in [0.05, 0.1) is 13.2 Å². The summed E-state index contributed by atoms with van der Waals surface area (Å²) in [6, 6.07) is 5.66. The first kappa shape index (κ1) is 9.86. The molecule has 0 spiro atoms. The molecular formula is C10H15NO2. The average molecular weight is 181 g/mol. The van der Waals surface area contributed by atoms with Crippen LogP contribution in [0.2, 0.25) is 0 Å². The minimum Gasteiger partial charge on any atom is -0.494 e. The fourth-order valence-corrected chi connectivity index (χ4v) is 1.15. The van der Waals surface area contributed by atoms with E-state index in [-0.39, 0.29) is 6.61 Å². The van der Waals surface area contributed by atoms with E-state index in [1.54, 1.807) is 0 Å². The number of aliphatic hydroxyl groups excluding tert-OH is 1. The number of hydrogen-bond donors (Lipinski definition) is 2. The predicted molar refractivity (Wildman–Crippen MR) is 53.1 cm³/mol. The minimum absolute atomic E-state index is 0.00481. The molecule has 0 fully saturated rings. The highest BCUT2D eigenvalue weighted by molar-refractivity contribution is 5.50. The lowest BCUT2D eigenvalue weighted by Crippen LogP contribution is -1.98. The molecule has 3 heteroatoms. The predicted octanol–water partition coefficient (Wildman–Crippen LogP) is 1.62. The second-order valence-electron chi connectivity index (χ2n) is 2.66. The second-order valence-corrected chi connectivity index (χ2v) is 2.66. The van der Waals surface area contributed by atoms with Crippen molar-refractivity contribution in [2.45, 2.75) is 13.5 Å². The van der Waals surface area contributed by atoms with Gasteiger partial charge < -0.3 is 15.2 Å². The summed E-state index contributed by atoms with van der Waals surface area (Å²) in [5, 5.41) is 12.1. The fourth-order valence-electron chi connectivity index (χ4n) is 1.15. The Morgan fingerprint density at radius 3 is 2.77 bits per heavy atom. The van der Waals surface area contributed by atoms with Gasteiger partial charge in [0.1, 0.15) is 5.75 Å². The number of ether oxygens (including phenoxy) is 1. The molecule has 0 aliphatic heterocycles. The van der Waals surface area contributed by atoms with Crippen molar-refractivity contribution in [3.05, 3.63) is 23.8 Å². The maximum atomic E-state index is 9.06. The van der Waals surface area contributed by atoms with Crippen molar-refractivity contribution in [1.82, 2.24) is 0 Å². The summed E-state index contributed by atoms with van der Waals surface area (Å²) in [5.41, 5.74) is 1.79. The Kier molecular flexibility index (Phi) is 3.58. The van der Waals surface area contributed by atoms with Crippen LogP contribution in [0.5, 0.6) is 5.75 Å². The normalized spacial score (nSPS) is 9.77. The number of hydrogen-bond acceptors (Lipinski definition) is 3. The van der Waals surface area contributed by atoms with Crippen LogP contribution in [-0.4, -0.2) is 18.8 Å². The van der Waals surface area contributed by atoms with E-state index in [2.05, 4.69) is 5.32 Å². The molecule has 0 amide bonds. The van der Waals surface area contributed by atoms with Gasteiger partial charge in [0.15, 0.2) is 0 Å². The third kappa shape index (κ3) is 2.36. The lowest BCUT2D eigenvalue weighted by Gasteiger charge is -2.09. The van der Waals surface area contributed by atoms with Crippen molar-refractivity contribution in [2.24, 2.45) is 0 Å². The van der Waals surface area contributed by atoms with Gasteiger partial charge in [-0.05, 0) is 25.1 Å². The second kappa shape index (κ2) is 4.72. The van der Waals surface area contributed by atoms with Crippen molar-refractivity contribution < 1.29 is 9.84 Å². The molecule has 0 aliphatic carbocycles. The fraction of sp³-hybridized carbons (Fsp3) is 0.400. The van der Waals surface area contributed by atoms with E-state index in [9.17, 15) is 0 Å². The van der Waals surface area contributed by atoms with E-state index in [0.717, 1.165) is 17.0 Å². The van der Waals surface area contributed by atoms with E-state index in [0.29, 0.717) is 6.61 Å². The zero-order chi connectivity index (χ0) is 9.68. The molecule has 0 atom stereocenters. The van der Waals surface area contributed by atoms with Crippen LogP contribution in [0.3, 0.4) is 0 Å². The quantitative estimate of drug-likeness (QED) is 0.741. The van der Waals surface area contributed by atoms with E-state index < -0.39 is 0 Å². The molecule has 13 heavy (non-hydrogen) atoms. The standard InChI is InChI=1S/C10H15NO2/c1-3-13-10-5-4-9(11-2)6-8(10)7-12/h4-6,11-12H,3,7H2,1-2H3. The van der Waals surface area contributed by atoms with Gasteiger partial charge in [-0.15, -0.1) is 0 Å². The van der Waals surface area contributed by atoms with Crippen LogP contribution in [0.15, 0.2) is 18.2 Å². The summed E-state index contributed by atoms with van der Waals surface area (Å²) in [6.07, 6.45) is 0. The SMILES string of the molecule is CCOc1ccc(NC)cc1CO. The van der Waals surface area contributed by atoms with Crippen LogP contribution < -0.4 is 10.1 Å². The van der Waals surface area contributed by atoms with Crippen LogP contribution in [-0.2, 0) is 6.61 Å². The number of aliphatic hydroxyl groups is 1. The Hall–Kier alpha value is -1.22. The number of benzene rings is 1. The molecule has 0 aromatic heterocycles. The van der Waals surface area contributed by atoms with Crippen LogP contribution in [0.25, 0.3) is 0 Å². The maximum Gasteiger partial charge on any atom is 0.124 e. The lowest BCUT2D eigenvalue weighted by atomic mass is 10.2. The molecule has 72 valence electrons. The largest absolute Gasteiger partial charge is 0.494 e. The molecular weight excluding hydrogens is 166 g/mol. The van der Waals surface area contributed by atoms with E-state index >= 15 is 0 Å². The topological polar surface area (TPSA) is 41.5 Å². The Morgan fingerprint density at radius 2 is 2.23 bits per heavy atom. The monoisotopic (exact) mass is 181 g/mol. The van der Waals surface area contributed by atoms with E-state index in [4.69, 9.17) is 9.84 Å². The molecule has 1 rings (SSSR count). The first-order valence-electron chi connectivity index (χ1n) is 4.36. The highest BCUT2D eigenvalue weighted by Gasteiger charge is 2.02. The van der Waals surface area contributed by atoms with Gasteiger partial charge in [-0.3, -0.25) is 0 Å². The molecule has 1 aromatic carbocycles. The first-order valence-corrected chi connectivity index (χ1v) is 4.36. The molecule has 0 aliphatic rings. The van der Waals surface area contributed by atoms with Gasteiger partial charge in [-0.1, -0.05) is 0 Å². The Balaban J connectivity index is 2.93. The van der Waals surface area contributed by atoms with E-state index in [1.165, 1.54) is 0 Å². The Labute approximate surface area is 78.3 Å². The molecule has 2 N–H and O–H groups in total. The Morgan fingerprint density at radius 1 is 1.46 bits per heavy atom. The summed E-state index contributed by atoms with van der Waals surface area (Å²) >= 11 is 0. The molecule has 0 bridgehead atoms. The van der Waals surface area contributed by atoms with Crippen molar-refractivity contribution in [1.29, 1.82) is 0 Å². The first-order chi connectivity index (χ1) is 6.31. The molecule has 0 heterocycles.